The van der Waals surface area contributed by atoms with Gasteiger partial charge in [0.15, 0.2) is 0 Å². The van der Waals surface area contributed by atoms with E-state index in [1.54, 1.807) is 9.80 Å². The molecule has 104 valence electrons. The molecule has 7 heteroatoms. The van der Waals surface area contributed by atoms with Gasteiger partial charge in [-0.25, -0.2) is 4.79 Å². The monoisotopic (exact) mass is 277 g/mol. The van der Waals surface area contributed by atoms with Crippen molar-refractivity contribution in [2.45, 2.75) is 12.8 Å². The molecule has 0 aromatic heterocycles. The van der Waals surface area contributed by atoms with Gasteiger partial charge in [0.1, 0.15) is 0 Å². The molecule has 2 aliphatic heterocycles. The van der Waals surface area contributed by atoms with Crippen molar-refractivity contribution in [1.82, 2.24) is 15.1 Å². The largest absolute Gasteiger partial charge is 0.481 e. The highest BCUT2D eigenvalue weighted by Gasteiger charge is 2.30. The van der Waals surface area contributed by atoms with Crippen LogP contribution in [0, 0.1) is 5.92 Å². The lowest BCUT2D eigenvalue weighted by molar-refractivity contribution is -0.143. The predicted molar refractivity (Wildman–Crippen MR) is 69.0 cm³/mol. The summed E-state index contributed by atoms with van der Waals surface area (Å²) in [7, 11) is 0. The van der Waals surface area contributed by atoms with Gasteiger partial charge < -0.3 is 20.2 Å². The zero-order chi connectivity index (χ0) is 12.3. The van der Waals surface area contributed by atoms with Crippen LogP contribution in [0.5, 0.6) is 0 Å². The van der Waals surface area contributed by atoms with Crippen LogP contribution < -0.4 is 5.32 Å². The third-order valence-electron chi connectivity index (χ3n) is 3.43. The van der Waals surface area contributed by atoms with Crippen LogP contribution in [0.2, 0.25) is 0 Å². The van der Waals surface area contributed by atoms with Crippen LogP contribution in [0.4, 0.5) is 4.79 Å². The maximum atomic E-state index is 12.2. The molecule has 2 saturated heterocycles. The molecule has 0 bridgehead atoms. The van der Waals surface area contributed by atoms with E-state index in [2.05, 4.69) is 5.32 Å². The minimum absolute atomic E-state index is 0. The molecule has 1 unspecified atom stereocenters. The van der Waals surface area contributed by atoms with Crippen LogP contribution >= 0.6 is 12.4 Å². The number of urea groups is 1. The average Bonchev–Trinajstić information content (AvgIpc) is 2.39. The van der Waals surface area contributed by atoms with Gasteiger partial charge in [0.25, 0.3) is 0 Å². The van der Waals surface area contributed by atoms with Crippen molar-refractivity contribution in [1.29, 1.82) is 0 Å². The normalized spacial score (nSPS) is 24.3. The molecule has 2 rings (SSSR count). The first-order chi connectivity index (χ1) is 8.18. The number of carbonyl (C=O) groups excluding carboxylic acids is 1. The fraction of sp³-hybridized carbons (Fsp3) is 0.818. The van der Waals surface area contributed by atoms with Gasteiger partial charge in [0, 0.05) is 39.3 Å². The van der Waals surface area contributed by atoms with Crippen LogP contribution in [0.1, 0.15) is 12.8 Å². The number of aliphatic carboxylic acids is 1. The Kier molecular flexibility index (Phi) is 5.68. The fourth-order valence-corrected chi connectivity index (χ4v) is 2.41. The molecule has 1 atom stereocenters. The van der Waals surface area contributed by atoms with Crippen LogP contribution in [-0.2, 0) is 4.79 Å². The molecule has 0 saturated carbocycles. The molecule has 6 nitrogen and oxygen atoms in total. The first kappa shape index (κ1) is 15.0. The molecule has 2 fully saturated rings. The van der Waals surface area contributed by atoms with Crippen LogP contribution in [-0.4, -0.2) is 66.2 Å². The topological polar surface area (TPSA) is 72.9 Å². The summed E-state index contributed by atoms with van der Waals surface area (Å²) >= 11 is 0. The van der Waals surface area contributed by atoms with Crippen molar-refractivity contribution in [2.24, 2.45) is 5.92 Å². The quantitative estimate of drug-likeness (QED) is 0.720. The number of carboxylic acids is 1. The minimum atomic E-state index is -0.789. The second kappa shape index (κ2) is 6.80. The Morgan fingerprint density at radius 3 is 2.39 bits per heavy atom. The summed E-state index contributed by atoms with van der Waals surface area (Å²) in [6.07, 6.45) is 1.47. The number of nitrogens with one attached hydrogen (secondary N) is 1. The average molecular weight is 278 g/mol. The second-order valence-electron chi connectivity index (χ2n) is 4.64. The van der Waals surface area contributed by atoms with E-state index in [0.29, 0.717) is 32.6 Å². The highest BCUT2D eigenvalue weighted by molar-refractivity contribution is 5.85. The zero-order valence-electron chi connectivity index (χ0n) is 10.3. The summed E-state index contributed by atoms with van der Waals surface area (Å²) in [5.74, 6) is -1.18. The van der Waals surface area contributed by atoms with Gasteiger partial charge >= 0.3 is 12.0 Å². The Bertz CT molecular complexity index is 308. The molecule has 2 N–H and O–H groups in total. The van der Waals surface area contributed by atoms with Crippen molar-refractivity contribution >= 4 is 24.4 Å². The smallest absolute Gasteiger partial charge is 0.320 e. The van der Waals surface area contributed by atoms with E-state index >= 15 is 0 Å². The van der Waals surface area contributed by atoms with Crippen molar-refractivity contribution in [3.63, 3.8) is 0 Å². The molecule has 0 aromatic rings. The minimum Gasteiger partial charge on any atom is -0.481 e. The lowest BCUT2D eigenvalue weighted by Crippen LogP contribution is -2.54. The molecule has 2 amide bonds. The number of rotatable bonds is 1. The number of hydrogen-bond acceptors (Lipinski definition) is 3. The Morgan fingerprint density at radius 1 is 1.11 bits per heavy atom. The summed E-state index contributed by atoms with van der Waals surface area (Å²) in [6.45, 7) is 4.12. The van der Waals surface area contributed by atoms with Gasteiger partial charge in [0.05, 0.1) is 5.92 Å². The van der Waals surface area contributed by atoms with Crippen molar-refractivity contribution in [3.8, 4) is 0 Å². The van der Waals surface area contributed by atoms with E-state index < -0.39 is 11.9 Å². The van der Waals surface area contributed by atoms with Crippen molar-refractivity contribution in [2.75, 3.05) is 39.3 Å². The second-order valence-corrected chi connectivity index (χ2v) is 4.64. The Balaban J connectivity index is 0.00000162. The highest BCUT2D eigenvalue weighted by atomic mass is 35.5. The summed E-state index contributed by atoms with van der Waals surface area (Å²) in [4.78, 5) is 26.6. The van der Waals surface area contributed by atoms with Crippen molar-refractivity contribution < 1.29 is 14.7 Å². The molecule has 0 aromatic carbocycles. The number of carbonyl (C=O) groups is 2. The lowest BCUT2D eigenvalue weighted by Gasteiger charge is -2.36. The molecular weight excluding hydrogens is 258 g/mol. The summed E-state index contributed by atoms with van der Waals surface area (Å²) in [5, 5.41) is 12.2. The molecule has 2 heterocycles. The number of piperidine rings is 1. The maximum Gasteiger partial charge on any atom is 0.320 e. The first-order valence-electron chi connectivity index (χ1n) is 6.16. The number of nitrogens with zero attached hydrogens (tertiary/aromatic N) is 2. The van der Waals surface area contributed by atoms with Gasteiger partial charge in [-0.3, -0.25) is 4.79 Å². The van der Waals surface area contributed by atoms with Gasteiger partial charge in [-0.1, -0.05) is 0 Å². The molecule has 0 aliphatic carbocycles. The van der Waals surface area contributed by atoms with Crippen LogP contribution in [0.3, 0.4) is 0 Å². The van der Waals surface area contributed by atoms with E-state index in [0.717, 1.165) is 19.5 Å². The number of likely N-dealkylation sites (tertiary alicyclic amines) is 1. The van der Waals surface area contributed by atoms with Crippen molar-refractivity contribution in [3.05, 3.63) is 0 Å². The maximum absolute atomic E-state index is 12.2. The lowest BCUT2D eigenvalue weighted by atomic mass is 9.98. The fourth-order valence-electron chi connectivity index (χ4n) is 2.41. The van der Waals surface area contributed by atoms with E-state index in [4.69, 9.17) is 5.11 Å². The van der Waals surface area contributed by atoms with E-state index in [9.17, 15) is 9.59 Å². The highest BCUT2D eigenvalue weighted by Crippen LogP contribution is 2.18. The number of carboxylic acid groups (broad SMARTS) is 1. The van der Waals surface area contributed by atoms with E-state index in [1.165, 1.54) is 0 Å². The van der Waals surface area contributed by atoms with Gasteiger partial charge in [-0.05, 0) is 12.8 Å². The van der Waals surface area contributed by atoms with E-state index in [-0.39, 0.29) is 18.4 Å². The van der Waals surface area contributed by atoms with Gasteiger partial charge in [-0.15, -0.1) is 12.4 Å². The molecular formula is C11H20ClN3O3. The SMILES string of the molecule is Cl.O=C(O)C1CCCN(C(=O)N2CCNCC2)C1. The molecule has 0 spiro atoms. The van der Waals surface area contributed by atoms with E-state index in [1.807, 2.05) is 0 Å². The third-order valence-corrected chi connectivity index (χ3v) is 3.43. The van der Waals surface area contributed by atoms with Gasteiger partial charge in [0.2, 0.25) is 0 Å². The number of hydrogen-bond donors (Lipinski definition) is 2. The Labute approximate surface area is 113 Å². The Morgan fingerprint density at radius 2 is 1.78 bits per heavy atom. The molecule has 2 aliphatic rings. The number of piperazine rings is 1. The summed E-state index contributed by atoms with van der Waals surface area (Å²) in [5.41, 5.74) is 0. The standard InChI is InChI=1S/C11H19N3O3.ClH/c15-10(16)9-2-1-5-14(8-9)11(17)13-6-3-12-4-7-13;/h9,12H,1-8H2,(H,15,16);1H. The zero-order valence-corrected chi connectivity index (χ0v) is 11.1. The molecule has 0 radical (unpaired) electrons. The number of amides is 2. The van der Waals surface area contributed by atoms with Crippen LogP contribution in [0.15, 0.2) is 0 Å². The summed E-state index contributed by atoms with van der Waals surface area (Å²) < 4.78 is 0. The molecule has 18 heavy (non-hydrogen) atoms. The summed E-state index contributed by atoms with van der Waals surface area (Å²) in [6, 6.07) is -0.00236. The Hall–Kier alpha value is -1.01. The number of halogens is 1. The van der Waals surface area contributed by atoms with Gasteiger partial charge in [-0.2, -0.15) is 0 Å². The predicted octanol–water partition coefficient (Wildman–Crippen LogP) is 0.230. The first-order valence-corrected chi connectivity index (χ1v) is 6.16. The van der Waals surface area contributed by atoms with Crippen LogP contribution in [0.25, 0.3) is 0 Å². The third kappa shape index (κ3) is 3.49.